The number of pyridine rings is 1. The van der Waals surface area contributed by atoms with Gasteiger partial charge < -0.3 is 9.94 Å². The highest BCUT2D eigenvalue weighted by molar-refractivity contribution is 9.10. The summed E-state index contributed by atoms with van der Waals surface area (Å²) in [5.74, 6) is 0. The molecule has 0 aliphatic carbocycles. The summed E-state index contributed by atoms with van der Waals surface area (Å²) >= 11 is 3.35. The lowest BCUT2D eigenvalue weighted by atomic mass is 10.00. The molecule has 2 aromatic rings. The van der Waals surface area contributed by atoms with Crippen LogP contribution in [-0.4, -0.2) is 21.9 Å². The van der Waals surface area contributed by atoms with Crippen LogP contribution in [0.4, 0.5) is 0 Å². The molecule has 2 unspecified atom stereocenters. The monoisotopic (exact) mass is 332 g/mol. The van der Waals surface area contributed by atoms with Crippen LogP contribution in [0.15, 0.2) is 58.3 Å². The van der Waals surface area contributed by atoms with Crippen molar-refractivity contribution >= 4 is 21.6 Å². The van der Waals surface area contributed by atoms with Crippen LogP contribution in [-0.2, 0) is 4.84 Å². The molecule has 0 saturated heterocycles. The molecule has 0 fully saturated rings. The van der Waals surface area contributed by atoms with E-state index in [1.807, 2.05) is 42.5 Å². The van der Waals surface area contributed by atoms with Crippen molar-refractivity contribution in [3.05, 3.63) is 64.4 Å². The number of hydrogen-bond acceptors (Lipinski definition) is 4. The Balaban J connectivity index is 1.71. The minimum atomic E-state index is -0.687. The Kier molecular flexibility index (Phi) is 3.80. The van der Waals surface area contributed by atoms with Gasteiger partial charge in [0.05, 0.1) is 5.69 Å². The van der Waals surface area contributed by atoms with Gasteiger partial charge in [-0.15, -0.1) is 0 Å². The third kappa shape index (κ3) is 2.73. The van der Waals surface area contributed by atoms with Gasteiger partial charge in [-0.3, -0.25) is 4.98 Å². The predicted octanol–water partition coefficient (Wildman–Crippen LogP) is 3.07. The first-order valence-electron chi connectivity index (χ1n) is 6.31. The van der Waals surface area contributed by atoms with Crippen LogP contribution in [0.3, 0.4) is 0 Å². The minimum Gasteiger partial charge on any atom is -0.389 e. The summed E-state index contributed by atoms with van der Waals surface area (Å²) in [6, 6.07) is 13.2. The molecule has 0 bridgehead atoms. The largest absolute Gasteiger partial charge is 0.389 e. The quantitative estimate of drug-likeness (QED) is 0.939. The van der Waals surface area contributed by atoms with Gasteiger partial charge in [0.1, 0.15) is 11.8 Å². The fourth-order valence-corrected chi connectivity index (χ4v) is 2.36. The van der Waals surface area contributed by atoms with E-state index in [0.717, 1.165) is 21.4 Å². The molecule has 0 saturated carbocycles. The second-order valence-corrected chi connectivity index (χ2v) is 5.52. The van der Waals surface area contributed by atoms with Gasteiger partial charge in [-0.05, 0) is 33.6 Å². The molecule has 2 heterocycles. The van der Waals surface area contributed by atoms with Gasteiger partial charge in [0.15, 0.2) is 6.10 Å². The number of halogens is 1. The number of oxime groups is 1. The van der Waals surface area contributed by atoms with Crippen molar-refractivity contribution in [1.29, 1.82) is 0 Å². The number of nitrogens with zero attached hydrogens (tertiary/aromatic N) is 2. The highest BCUT2D eigenvalue weighted by atomic mass is 79.9. The van der Waals surface area contributed by atoms with Crippen molar-refractivity contribution in [2.75, 3.05) is 0 Å². The fourth-order valence-electron chi connectivity index (χ4n) is 2.13. The van der Waals surface area contributed by atoms with Gasteiger partial charge in [-0.2, -0.15) is 0 Å². The zero-order chi connectivity index (χ0) is 13.9. The first kappa shape index (κ1) is 13.3. The molecular formula is C15H13BrN2O2. The summed E-state index contributed by atoms with van der Waals surface area (Å²) in [4.78, 5) is 9.64. The van der Waals surface area contributed by atoms with E-state index >= 15 is 0 Å². The Morgan fingerprint density at radius 2 is 2.00 bits per heavy atom. The Morgan fingerprint density at radius 3 is 2.70 bits per heavy atom. The van der Waals surface area contributed by atoms with E-state index in [0.29, 0.717) is 6.42 Å². The number of aromatic nitrogens is 1. The Labute approximate surface area is 125 Å². The number of aliphatic hydroxyl groups excluding tert-OH is 1. The second kappa shape index (κ2) is 5.73. The van der Waals surface area contributed by atoms with Gasteiger partial charge >= 0.3 is 0 Å². The molecule has 0 radical (unpaired) electrons. The standard InChI is InChI=1S/C15H13BrN2O2/c16-11-6-7-12(17-9-11)13-8-14(20-18-13)15(19)10-4-2-1-3-5-10/h1-7,9,14-15,19H,8H2. The van der Waals surface area contributed by atoms with Crippen LogP contribution in [0.2, 0.25) is 0 Å². The van der Waals surface area contributed by atoms with Gasteiger partial charge in [0, 0.05) is 17.1 Å². The first-order valence-corrected chi connectivity index (χ1v) is 7.11. The summed E-state index contributed by atoms with van der Waals surface area (Å²) in [6.07, 6.45) is 1.22. The number of hydrogen-bond donors (Lipinski definition) is 1. The zero-order valence-electron chi connectivity index (χ0n) is 10.6. The van der Waals surface area contributed by atoms with Gasteiger partial charge in [0.25, 0.3) is 0 Å². The number of benzene rings is 1. The molecular weight excluding hydrogens is 320 g/mol. The molecule has 1 aromatic heterocycles. The molecule has 1 aliphatic heterocycles. The van der Waals surface area contributed by atoms with Crippen molar-refractivity contribution in [2.45, 2.75) is 18.6 Å². The lowest BCUT2D eigenvalue weighted by Crippen LogP contribution is -2.19. The molecule has 4 nitrogen and oxygen atoms in total. The molecule has 1 N–H and O–H groups in total. The Morgan fingerprint density at radius 1 is 1.20 bits per heavy atom. The normalized spacial score (nSPS) is 19.3. The van der Waals surface area contributed by atoms with Crippen LogP contribution in [0.5, 0.6) is 0 Å². The summed E-state index contributed by atoms with van der Waals surface area (Å²) in [5.41, 5.74) is 2.37. The highest BCUT2D eigenvalue weighted by Crippen LogP contribution is 2.27. The molecule has 0 spiro atoms. The van der Waals surface area contributed by atoms with E-state index < -0.39 is 6.10 Å². The van der Waals surface area contributed by atoms with E-state index in [4.69, 9.17) is 4.84 Å². The van der Waals surface area contributed by atoms with Crippen molar-refractivity contribution in [2.24, 2.45) is 5.16 Å². The van der Waals surface area contributed by atoms with E-state index in [1.54, 1.807) is 6.20 Å². The average molecular weight is 333 g/mol. The fraction of sp³-hybridized carbons (Fsp3) is 0.200. The van der Waals surface area contributed by atoms with Crippen molar-refractivity contribution in [3.8, 4) is 0 Å². The van der Waals surface area contributed by atoms with Crippen LogP contribution >= 0.6 is 15.9 Å². The van der Waals surface area contributed by atoms with Crippen LogP contribution < -0.4 is 0 Å². The minimum absolute atomic E-state index is 0.363. The van der Waals surface area contributed by atoms with E-state index in [-0.39, 0.29) is 6.10 Å². The Bertz CT molecular complexity index is 614. The molecule has 1 aliphatic rings. The molecule has 20 heavy (non-hydrogen) atoms. The molecule has 0 amide bonds. The molecule has 5 heteroatoms. The molecule has 102 valence electrons. The number of aliphatic hydroxyl groups is 1. The van der Waals surface area contributed by atoms with E-state index in [9.17, 15) is 5.11 Å². The summed E-state index contributed by atoms with van der Waals surface area (Å²) < 4.78 is 0.918. The van der Waals surface area contributed by atoms with Crippen molar-refractivity contribution < 1.29 is 9.94 Å². The SMILES string of the molecule is OC(c1ccccc1)C1CC(c2ccc(Br)cn2)=NO1. The highest BCUT2D eigenvalue weighted by Gasteiger charge is 2.30. The van der Waals surface area contributed by atoms with Crippen molar-refractivity contribution in [3.63, 3.8) is 0 Å². The summed E-state index contributed by atoms with van der Waals surface area (Å²) in [5, 5.41) is 14.3. The first-order chi connectivity index (χ1) is 9.74. The maximum absolute atomic E-state index is 10.3. The van der Waals surface area contributed by atoms with Crippen LogP contribution in [0.25, 0.3) is 0 Å². The lowest BCUT2D eigenvalue weighted by molar-refractivity contribution is -0.0183. The average Bonchev–Trinajstić information content (AvgIpc) is 2.98. The van der Waals surface area contributed by atoms with Gasteiger partial charge in [-0.25, -0.2) is 0 Å². The van der Waals surface area contributed by atoms with Crippen LogP contribution in [0, 0.1) is 0 Å². The van der Waals surface area contributed by atoms with Crippen LogP contribution in [0.1, 0.15) is 23.8 Å². The molecule has 3 rings (SSSR count). The third-order valence-corrected chi connectivity index (χ3v) is 3.68. The maximum Gasteiger partial charge on any atom is 0.163 e. The lowest BCUT2D eigenvalue weighted by Gasteiger charge is -2.16. The number of rotatable bonds is 3. The zero-order valence-corrected chi connectivity index (χ0v) is 12.2. The maximum atomic E-state index is 10.3. The summed E-state index contributed by atoms with van der Waals surface area (Å²) in [7, 11) is 0. The van der Waals surface area contributed by atoms with E-state index in [1.165, 1.54) is 0 Å². The smallest absolute Gasteiger partial charge is 0.163 e. The summed E-state index contributed by atoms with van der Waals surface area (Å²) in [6.45, 7) is 0. The third-order valence-electron chi connectivity index (χ3n) is 3.21. The topological polar surface area (TPSA) is 54.7 Å². The second-order valence-electron chi connectivity index (χ2n) is 4.60. The van der Waals surface area contributed by atoms with Gasteiger partial charge in [-0.1, -0.05) is 35.5 Å². The van der Waals surface area contributed by atoms with E-state index in [2.05, 4.69) is 26.1 Å². The predicted molar refractivity (Wildman–Crippen MR) is 79.4 cm³/mol. The molecule has 1 aromatic carbocycles. The Hall–Kier alpha value is -1.72. The molecule has 2 atom stereocenters. The van der Waals surface area contributed by atoms with Gasteiger partial charge in [0.2, 0.25) is 0 Å². The van der Waals surface area contributed by atoms with Crippen molar-refractivity contribution in [1.82, 2.24) is 4.98 Å².